The lowest BCUT2D eigenvalue weighted by Crippen LogP contribution is -2.61. The van der Waals surface area contributed by atoms with Crippen LogP contribution in [0.15, 0.2) is 42.0 Å². The van der Waals surface area contributed by atoms with Gasteiger partial charge in [0, 0.05) is 24.0 Å². The summed E-state index contributed by atoms with van der Waals surface area (Å²) in [6, 6.07) is 7.56. The Morgan fingerprint density at radius 3 is 1.80 bits per heavy atom. The molecule has 224 valence electrons. The molecule has 3 amide bonds. The number of carbonyl (C=O) groups excluding carboxylic acids is 3. The SMILES string of the molecule is C/C(=C\[C@H](C(C)C)N(C)C(=O)[C@@H](NC(=O)[C@@H](NC(=O)[C@@H](C)C(C)(C)c1ccccc1)C(C)C)C(C)(C)C)C(=O)O. The van der Waals surface area contributed by atoms with Gasteiger partial charge in [0.15, 0.2) is 0 Å². The Bertz CT molecular complexity index is 1070. The van der Waals surface area contributed by atoms with Gasteiger partial charge in [-0.2, -0.15) is 0 Å². The molecule has 0 heterocycles. The predicted octanol–water partition coefficient (Wildman–Crippen LogP) is 4.79. The van der Waals surface area contributed by atoms with Gasteiger partial charge in [-0.1, -0.05) is 106 Å². The number of amides is 3. The highest BCUT2D eigenvalue weighted by Gasteiger charge is 2.40. The summed E-state index contributed by atoms with van der Waals surface area (Å²) in [6.45, 7) is 20.5. The van der Waals surface area contributed by atoms with E-state index in [1.165, 1.54) is 11.8 Å². The molecule has 0 aliphatic heterocycles. The Morgan fingerprint density at radius 2 is 1.38 bits per heavy atom. The number of carbonyl (C=O) groups is 4. The van der Waals surface area contributed by atoms with E-state index in [1.54, 1.807) is 13.1 Å². The van der Waals surface area contributed by atoms with Crippen LogP contribution in [0.1, 0.15) is 81.7 Å². The van der Waals surface area contributed by atoms with Crippen LogP contribution in [-0.4, -0.2) is 58.9 Å². The van der Waals surface area contributed by atoms with E-state index in [1.807, 2.05) is 99.6 Å². The van der Waals surface area contributed by atoms with Gasteiger partial charge in [0.25, 0.3) is 0 Å². The standard InChI is InChI=1S/C32H51N3O5/c1-19(2)24(18-21(5)30(39)40)35(12)29(38)26(31(7,8)9)34-28(37)25(20(3)4)33-27(36)22(6)32(10,11)23-16-14-13-15-17-23/h13-20,22,24-26H,1-12H3,(H,33,36)(H,34,37)(H,39,40)/b21-18+/t22-,24-,25+,26-/m1/s1. The van der Waals surface area contributed by atoms with Crippen molar-refractivity contribution in [2.24, 2.45) is 23.2 Å². The zero-order valence-corrected chi connectivity index (χ0v) is 26.5. The van der Waals surface area contributed by atoms with Crippen molar-refractivity contribution in [2.45, 2.75) is 99.7 Å². The Morgan fingerprint density at radius 1 is 0.850 bits per heavy atom. The Labute approximate surface area is 241 Å². The van der Waals surface area contributed by atoms with E-state index in [0.29, 0.717) is 0 Å². The maximum atomic E-state index is 13.8. The van der Waals surface area contributed by atoms with Crippen LogP contribution in [0.3, 0.4) is 0 Å². The van der Waals surface area contributed by atoms with Gasteiger partial charge in [0.2, 0.25) is 17.7 Å². The van der Waals surface area contributed by atoms with Gasteiger partial charge in [-0.05, 0) is 29.7 Å². The van der Waals surface area contributed by atoms with Gasteiger partial charge in [0.05, 0.1) is 6.04 Å². The zero-order valence-electron chi connectivity index (χ0n) is 26.5. The molecule has 0 aromatic heterocycles. The Balaban J connectivity index is 3.23. The van der Waals surface area contributed by atoms with E-state index in [9.17, 15) is 24.3 Å². The number of likely N-dealkylation sites (N-methyl/N-ethyl adjacent to an activating group) is 1. The molecule has 0 aliphatic carbocycles. The van der Waals surface area contributed by atoms with Gasteiger partial charge in [-0.15, -0.1) is 0 Å². The van der Waals surface area contributed by atoms with E-state index in [2.05, 4.69) is 10.6 Å². The first kappa shape index (κ1) is 34.9. The van der Waals surface area contributed by atoms with Crippen LogP contribution in [-0.2, 0) is 24.6 Å². The average Bonchev–Trinajstić information content (AvgIpc) is 2.86. The number of aliphatic carboxylic acids is 1. The normalized spacial score (nSPS) is 15.7. The number of hydrogen-bond acceptors (Lipinski definition) is 4. The van der Waals surface area contributed by atoms with Crippen molar-refractivity contribution >= 4 is 23.7 Å². The van der Waals surface area contributed by atoms with Crippen LogP contribution in [0.2, 0.25) is 0 Å². The van der Waals surface area contributed by atoms with Crippen molar-refractivity contribution in [3.8, 4) is 0 Å². The van der Waals surface area contributed by atoms with Crippen molar-refractivity contribution in [3.63, 3.8) is 0 Å². The van der Waals surface area contributed by atoms with E-state index in [-0.39, 0.29) is 29.2 Å². The summed E-state index contributed by atoms with van der Waals surface area (Å²) in [7, 11) is 1.62. The number of hydrogen-bond donors (Lipinski definition) is 3. The van der Waals surface area contributed by atoms with Crippen LogP contribution < -0.4 is 10.6 Å². The molecule has 0 aliphatic rings. The quantitative estimate of drug-likeness (QED) is 0.320. The highest BCUT2D eigenvalue weighted by Crippen LogP contribution is 2.32. The minimum Gasteiger partial charge on any atom is -0.478 e. The third-order valence-corrected chi connectivity index (χ3v) is 7.88. The fraction of sp³-hybridized carbons (Fsp3) is 0.625. The molecule has 0 fully saturated rings. The van der Waals surface area contributed by atoms with Crippen LogP contribution >= 0.6 is 0 Å². The summed E-state index contributed by atoms with van der Waals surface area (Å²) < 4.78 is 0. The van der Waals surface area contributed by atoms with Crippen LogP contribution in [0.4, 0.5) is 0 Å². The third-order valence-electron chi connectivity index (χ3n) is 7.88. The molecule has 0 spiro atoms. The van der Waals surface area contributed by atoms with Crippen LogP contribution in [0.5, 0.6) is 0 Å². The molecular formula is C32H51N3O5. The lowest BCUT2D eigenvalue weighted by Gasteiger charge is -2.38. The summed E-state index contributed by atoms with van der Waals surface area (Å²) in [4.78, 5) is 53.8. The highest BCUT2D eigenvalue weighted by molar-refractivity contribution is 5.93. The summed E-state index contributed by atoms with van der Waals surface area (Å²) in [6.07, 6.45) is 1.57. The smallest absolute Gasteiger partial charge is 0.331 e. The molecule has 0 unspecified atom stereocenters. The second-order valence-corrected chi connectivity index (χ2v) is 13.2. The molecule has 8 heteroatoms. The lowest BCUT2D eigenvalue weighted by molar-refractivity contribution is -0.141. The van der Waals surface area contributed by atoms with Gasteiger partial charge < -0.3 is 20.6 Å². The van der Waals surface area contributed by atoms with Crippen molar-refractivity contribution in [1.82, 2.24) is 15.5 Å². The van der Waals surface area contributed by atoms with Gasteiger partial charge in [0.1, 0.15) is 12.1 Å². The first-order valence-corrected chi connectivity index (χ1v) is 14.1. The maximum absolute atomic E-state index is 13.8. The van der Waals surface area contributed by atoms with E-state index in [4.69, 9.17) is 0 Å². The fourth-order valence-corrected chi connectivity index (χ4v) is 4.57. The fourth-order valence-electron chi connectivity index (χ4n) is 4.57. The number of nitrogens with one attached hydrogen (secondary N) is 2. The zero-order chi connectivity index (χ0) is 31.2. The predicted molar refractivity (Wildman–Crippen MR) is 160 cm³/mol. The molecule has 0 bridgehead atoms. The summed E-state index contributed by atoms with van der Waals surface area (Å²) in [5.74, 6) is -2.77. The monoisotopic (exact) mass is 557 g/mol. The second kappa shape index (κ2) is 14.0. The van der Waals surface area contributed by atoms with Gasteiger partial charge >= 0.3 is 5.97 Å². The number of carboxylic acid groups (broad SMARTS) is 1. The largest absolute Gasteiger partial charge is 0.478 e. The topological polar surface area (TPSA) is 116 Å². The molecule has 40 heavy (non-hydrogen) atoms. The van der Waals surface area contributed by atoms with Crippen molar-refractivity contribution in [3.05, 3.63) is 47.5 Å². The molecule has 8 nitrogen and oxygen atoms in total. The summed E-state index contributed by atoms with van der Waals surface area (Å²) in [5.41, 5.74) is 0.0485. The minimum absolute atomic E-state index is 0.0586. The highest BCUT2D eigenvalue weighted by atomic mass is 16.4. The molecule has 1 aromatic carbocycles. The lowest BCUT2D eigenvalue weighted by atomic mass is 9.73. The maximum Gasteiger partial charge on any atom is 0.331 e. The van der Waals surface area contributed by atoms with Gasteiger partial charge in [-0.25, -0.2) is 4.79 Å². The van der Waals surface area contributed by atoms with E-state index >= 15 is 0 Å². The van der Waals surface area contributed by atoms with Crippen LogP contribution in [0, 0.1) is 23.2 Å². The molecule has 0 saturated carbocycles. The first-order chi connectivity index (χ1) is 18.2. The molecule has 1 rings (SSSR count). The molecular weight excluding hydrogens is 506 g/mol. The molecule has 0 saturated heterocycles. The minimum atomic E-state index is -1.05. The number of nitrogens with zero attached hydrogens (tertiary/aromatic N) is 1. The molecule has 1 aromatic rings. The third kappa shape index (κ3) is 8.93. The Hall–Kier alpha value is -3.16. The average molecular weight is 558 g/mol. The van der Waals surface area contributed by atoms with E-state index in [0.717, 1.165) is 5.56 Å². The number of carboxylic acids is 1. The molecule has 4 atom stereocenters. The molecule has 3 N–H and O–H groups in total. The van der Waals surface area contributed by atoms with E-state index < -0.39 is 46.7 Å². The van der Waals surface area contributed by atoms with Crippen molar-refractivity contribution < 1.29 is 24.3 Å². The van der Waals surface area contributed by atoms with Crippen molar-refractivity contribution in [2.75, 3.05) is 7.05 Å². The Kier molecular flexibility index (Phi) is 12.2. The van der Waals surface area contributed by atoms with Crippen molar-refractivity contribution in [1.29, 1.82) is 0 Å². The summed E-state index contributed by atoms with van der Waals surface area (Å²) >= 11 is 0. The number of benzene rings is 1. The van der Waals surface area contributed by atoms with Gasteiger partial charge in [-0.3, -0.25) is 14.4 Å². The first-order valence-electron chi connectivity index (χ1n) is 14.1. The summed E-state index contributed by atoms with van der Waals surface area (Å²) in [5, 5.41) is 15.2. The number of rotatable bonds is 12. The van der Waals surface area contributed by atoms with Crippen LogP contribution in [0.25, 0.3) is 0 Å². The second-order valence-electron chi connectivity index (χ2n) is 13.2. The molecule has 0 radical (unpaired) electrons.